The summed E-state index contributed by atoms with van der Waals surface area (Å²) >= 11 is 0. The summed E-state index contributed by atoms with van der Waals surface area (Å²) < 4.78 is 43.9. The molecule has 0 amide bonds. The first-order chi connectivity index (χ1) is 7.99. The lowest BCUT2D eigenvalue weighted by Gasteiger charge is -2.01. The Bertz CT molecular complexity index is 587. The molecule has 0 spiro atoms. The first-order valence-corrected chi connectivity index (χ1v) is 4.74. The van der Waals surface area contributed by atoms with Gasteiger partial charge in [0.2, 0.25) is 5.78 Å². The maximum absolute atomic E-state index is 13.3. The van der Waals surface area contributed by atoms with Crippen LogP contribution in [0.4, 0.5) is 13.2 Å². The van der Waals surface area contributed by atoms with Gasteiger partial charge in [0.15, 0.2) is 17.4 Å². The van der Waals surface area contributed by atoms with Crippen molar-refractivity contribution in [2.45, 2.75) is 6.92 Å². The molecule has 17 heavy (non-hydrogen) atoms. The molecule has 0 aliphatic carbocycles. The number of benzene rings is 1. The third-order valence-electron chi connectivity index (χ3n) is 2.22. The lowest BCUT2D eigenvalue weighted by molar-refractivity contribution is 0.100. The summed E-state index contributed by atoms with van der Waals surface area (Å²) in [6.07, 6.45) is 0. The molecule has 1 aromatic heterocycles. The standard InChI is InChI=1S/C12H7F3O2/c1-6-2-3-11(17-6)12(16)7-4-9(14)10(15)5-8(7)13/h2-5H,1H3. The third kappa shape index (κ3) is 2.08. The van der Waals surface area contributed by atoms with E-state index < -0.39 is 28.8 Å². The smallest absolute Gasteiger partial charge is 0.231 e. The van der Waals surface area contributed by atoms with Gasteiger partial charge in [-0.2, -0.15) is 0 Å². The van der Waals surface area contributed by atoms with Gasteiger partial charge in [0.05, 0.1) is 5.56 Å². The number of ketones is 1. The number of hydrogen-bond donors (Lipinski definition) is 0. The van der Waals surface area contributed by atoms with E-state index in [1.165, 1.54) is 12.1 Å². The topological polar surface area (TPSA) is 30.2 Å². The molecule has 0 fully saturated rings. The molecule has 2 rings (SSSR count). The van der Waals surface area contributed by atoms with Crippen LogP contribution in [-0.4, -0.2) is 5.78 Å². The van der Waals surface area contributed by atoms with Crippen LogP contribution < -0.4 is 0 Å². The van der Waals surface area contributed by atoms with Crippen LogP contribution in [0.1, 0.15) is 21.9 Å². The van der Waals surface area contributed by atoms with E-state index in [0.29, 0.717) is 17.9 Å². The number of aryl methyl sites for hydroxylation is 1. The summed E-state index contributed by atoms with van der Waals surface area (Å²) in [5.74, 6) is -4.21. The minimum absolute atomic E-state index is 0.118. The van der Waals surface area contributed by atoms with E-state index in [1.807, 2.05) is 0 Å². The van der Waals surface area contributed by atoms with E-state index in [0.717, 1.165) is 0 Å². The number of rotatable bonds is 2. The van der Waals surface area contributed by atoms with Gasteiger partial charge in [0.1, 0.15) is 11.6 Å². The molecule has 1 aromatic carbocycles. The fraction of sp³-hybridized carbons (Fsp3) is 0.0833. The molecule has 88 valence electrons. The second-order valence-electron chi connectivity index (χ2n) is 3.49. The van der Waals surface area contributed by atoms with E-state index in [4.69, 9.17) is 4.42 Å². The zero-order valence-electron chi connectivity index (χ0n) is 8.76. The van der Waals surface area contributed by atoms with E-state index >= 15 is 0 Å². The SMILES string of the molecule is Cc1ccc(C(=O)c2cc(F)c(F)cc2F)o1. The minimum atomic E-state index is -1.34. The largest absolute Gasteiger partial charge is 0.458 e. The van der Waals surface area contributed by atoms with Gasteiger partial charge in [0, 0.05) is 6.07 Å². The Kier molecular flexibility index (Phi) is 2.75. The summed E-state index contributed by atoms with van der Waals surface area (Å²) in [4.78, 5) is 11.7. The Hall–Kier alpha value is -2.04. The molecule has 0 N–H and O–H groups in total. The molecule has 0 bridgehead atoms. The highest BCUT2D eigenvalue weighted by molar-refractivity contribution is 6.07. The maximum Gasteiger partial charge on any atom is 0.231 e. The van der Waals surface area contributed by atoms with Crippen LogP contribution in [-0.2, 0) is 0 Å². The number of carbonyl (C=O) groups is 1. The van der Waals surface area contributed by atoms with Crippen molar-refractivity contribution in [2.24, 2.45) is 0 Å². The molecule has 0 saturated carbocycles. The van der Waals surface area contributed by atoms with Crippen LogP contribution in [0.2, 0.25) is 0 Å². The van der Waals surface area contributed by atoms with E-state index in [9.17, 15) is 18.0 Å². The first kappa shape index (κ1) is 11.4. The number of halogens is 3. The molecule has 2 nitrogen and oxygen atoms in total. The Balaban J connectivity index is 2.47. The number of carbonyl (C=O) groups excluding carboxylic acids is 1. The van der Waals surface area contributed by atoms with Crippen molar-refractivity contribution in [2.75, 3.05) is 0 Å². The van der Waals surface area contributed by atoms with Crippen molar-refractivity contribution in [3.05, 3.63) is 58.8 Å². The third-order valence-corrected chi connectivity index (χ3v) is 2.22. The van der Waals surface area contributed by atoms with Gasteiger partial charge in [-0.1, -0.05) is 0 Å². The fourth-order valence-corrected chi connectivity index (χ4v) is 1.39. The highest BCUT2D eigenvalue weighted by atomic mass is 19.2. The normalized spacial score (nSPS) is 10.6. The van der Waals surface area contributed by atoms with Gasteiger partial charge < -0.3 is 4.42 Å². The molecule has 1 heterocycles. The summed E-state index contributed by atoms with van der Waals surface area (Å²) in [6, 6.07) is 3.71. The van der Waals surface area contributed by atoms with Crippen molar-refractivity contribution in [3.63, 3.8) is 0 Å². The highest BCUT2D eigenvalue weighted by Crippen LogP contribution is 2.18. The lowest BCUT2D eigenvalue weighted by atomic mass is 10.1. The second-order valence-corrected chi connectivity index (χ2v) is 3.49. The Morgan fingerprint density at radius 2 is 1.71 bits per heavy atom. The predicted octanol–water partition coefficient (Wildman–Crippen LogP) is 3.24. The van der Waals surface area contributed by atoms with Crippen LogP contribution >= 0.6 is 0 Å². The Morgan fingerprint density at radius 1 is 1.06 bits per heavy atom. The van der Waals surface area contributed by atoms with Crippen LogP contribution in [0.15, 0.2) is 28.7 Å². The maximum atomic E-state index is 13.3. The van der Waals surface area contributed by atoms with Crippen LogP contribution in [0.3, 0.4) is 0 Å². The summed E-state index contributed by atoms with van der Waals surface area (Å²) in [7, 11) is 0. The Morgan fingerprint density at radius 3 is 2.29 bits per heavy atom. The second kappa shape index (κ2) is 4.08. The van der Waals surface area contributed by atoms with E-state index in [-0.39, 0.29) is 5.76 Å². The molecule has 0 unspecified atom stereocenters. The van der Waals surface area contributed by atoms with Gasteiger partial charge in [-0.25, -0.2) is 13.2 Å². The van der Waals surface area contributed by atoms with Crippen molar-refractivity contribution in [1.82, 2.24) is 0 Å². The van der Waals surface area contributed by atoms with Crippen LogP contribution in [0, 0.1) is 24.4 Å². The molecule has 0 aliphatic heterocycles. The molecule has 0 radical (unpaired) electrons. The molecule has 0 aliphatic rings. The van der Waals surface area contributed by atoms with Gasteiger partial charge in [-0.05, 0) is 25.1 Å². The fourth-order valence-electron chi connectivity index (χ4n) is 1.39. The van der Waals surface area contributed by atoms with E-state index in [1.54, 1.807) is 6.92 Å². The zero-order chi connectivity index (χ0) is 12.6. The summed E-state index contributed by atoms with van der Waals surface area (Å²) in [5, 5.41) is 0. The van der Waals surface area contributed by atoms with Gasteiger partial charge >= 0.3 is 0 Å². The summed E-state index contributed by atoms with van der Waals surface area (Å²) in [6.45, 7) is 1.61. The van der Waals surface area contributed by atoms with Crippen LogP contribution in [0.25, 0.3) is 0 Å². The van der Waals surface area contributed by atoms with Crippen molar-refractivity contribution < 1.29 is 22.4 Å². The van der Waals surface area contributed by atoms with Crippen molar-refractivity contribution in [3.8, 4) is 0 Å². The zero-order valence-corrected chi connectivity index (χ0v) is 8.76. The molecule has 0 saturated heterocycles. The minimum Gasteiger partial charge on any atom is -0.458 e. The van der Waals surface area contributed by atoms with Crippen molar-refractivity contribution >= 4 is 5.78 Å². The monoisotopic (exact) mass is 240 g/mol. The van der Waals surface area contributed by atoms with Crippen LogP contribution in [0.5, 0.6) is 0 Å². The average Bonchev–Trinajstić information content (AvgIpc) is 2.69. The lowest BCUT2D eigenvalue weighted by Crippen LogP contribution is -2.05. The number of hydrogen-bond acceptors (Lipinski definition) is 2. The van der Waals surface area contributed by atoms with Gasteiger partial charge in [0.25, 0.3) is 0 Å². The van der Waals surface area contributed by atoms with Gasteiger partial charge in [-0.15, -0.1) is 0 Å². The predicted molar refractivity (Wildman–Crippen MR) is 53.2 cm³/mol. The molecular formula is C12H7F3O2. The average molecular weight is 240 g/mol. The highest BCUT2D eigenvalue weighted by Gasteiger charge is 2.20. The summed E-state index contributed by atoms with van der Waals surface area (Å²) in [5.41, 5.74) is -0.557. The van der Waals surface area contributed by atoms with E-state index in [2.05, 4.69) is 0 Å². The molecular weight excluding hydrogens is 233 g/mol. The first-order valence-electron chi connectivity index (χ1n) is 4.74. The number of furan rings is 1. The van der Waals surface area contributed by atoms with Crippen molar-refractivity contribution in [1.29, 1.82) is 0 Å². The van der Waals surface area contributed by atoms with Gasteiger partial charge in [-0.3, -0.25) is 4.79 Å². The Labute approximate surface area is 94.7 Å². The molecule has 2 aromatic rings. The molecule has 5 heteroatoms. The quantitative estimate of drug-likeness (QED) is 0.595. The molecule has 0 atom stereocenters.